The molecule has 6 heteroatoms. The zero-order valence-corrected chi connectivity index (χ0v) is 11.1. The molecule has 0 amide bonds. The monoisotopic (exact) mass is 278 g/mol. The molecule has 0 spiro atoms. The Kier molecular flexibility index (Phi) is 3.40. The molecule has 3 rings (SSSR count). The lowest BCUT2D eigenvalue weighted by molar-refractivity contribution is -0.0242. The lowest BCUT2D eigenvalue weighted by Gasteiger charge is -2.33. The van der Waals surface area contributed by atoms with Crippen LogP contribution >= 0.6 is 0 Å². The molecule has 1 heterocycles. The van der Waals surface area contributed by atoms with Gasteiger partial charge in [0.2, 0.25) is 5.89 Å². The minimum absolute atomic E-state index is 0.0250. The fourth-order valence-electron chi connectivity index (χ4n) is 2.34. The summed E-state index contributed by atoms with van der Waals surface area (Å²) in [6, 6.07) is 5.71. The van der Waals surface area contributed by atoms with Gasteiger partial charge in [0.1, 0.15) is 5.82 Å². The molecule has 0 atom stereocenters. The van der Waals surface area contributed by atoms with Gasteiger partial charge in [-0.05, 0) is 44.0 Å². The summed E-state index contributed by atoms with van der Waals surface area (Å²) in [5.41, 5.74) is 0.586. The zero-order valence-electron chi connectivity index (χ0n) is 11.1. The number of hydrogen-bond donors (Lipinski definition) is 0. The number of aromatic nitrogens is 2. The van der Waals surface area contributed by atoms with Crippen molar-refractivity contribution in [3.8, 4) is 11.5 Å². The molecule has 1 aliphatic carbocycles. The van der Waals surface area contributed by atoms with Crippen LogP contribution in [0.3, 0.4) is 0 Å². The third-order valence-electron chi connectivity index (χ3n) is 3.48. The van der Waals surface area contributed by atoms with E-state index >= 15 is 0 Å². The predicted octanol–water partition coefficient (Wildman–Crippen LogP) is 2.38. The second kappa shape index (κ2) is 5.20. The quantitative estimate of drug-likeness (QED) is 0.861. The van der Waals surface area contributed by atoms with Crippen LogP contribution in [-0.2, 0) is 4.74 Å². The van der Waals surface area contributed by atoms with Crippen molar-refractivity contribution >= 4 is 0 Å². The summed E-state index contributed by atoms with van der Waals surface area (Å²) in [6.45, 7) is 2.62. The van der Waals surface area contributed by atoms with Crippen LogP contribution in [0.4, 0.5) is 4.39 Å². The molecule has 0 N–H and O–H groups in total. The van der Waals surface area contributed by atoms with Crippen LogP contribution in [0.15, 0.2) is 33.5 Å². The number of nitrogens with zero attached hydrogens (tertiary/aromatic N) is 2. The van der Waals surface area contributed by atoms with Gasteiger partial charge in [-0.25, -0.2) is 9.18 Å². The van der Waals surface area contributed by atoms with E-state index in [0.29, 0.717) is 12.2 Å². The molecule has 1 fully saturated rings. The van der Waals surface area contributed by atoms with Crippen LogP contribution in [0.2, 0.25) is 0 Å². The first-order valence-corrected chi connectivity index (χ1v) is 6.64. The Morgan fingerprint density at radius 2 is 2.10 bits per heavy atom. The number of ether oxygens (including phenoxy) is 1. The van der Waals surface area contributed by atoms with Crippen molar-refractivity contribution < 1.29 is 13.5 Å². The van der Waals surface area contributed by atoms with Crippen LogP contribution in [0.25, 0.3) is 11.5 Å². The van der Waals surface area contributed by atoms with Gasteiger partial charge in [0, 0.05) is 12.2 Å². The molecule has 1 saturated carbocycles. The van der Waals surface area contributed by atoms with Crippen molar-refractivity contribution in [1.29, 1.82) is 0 Å². The van der Waals surface area contributed by atoms with E-state index in [2.05, 4.69) is 5.10 Å². The first-order chi connectivity index (χ1) is 9.67. The Morgan fingerprint density at radius 1 is 1.40 bits per heavy atom. The van der Waals surface area contributed by atoms with E-state index in [9.17, 15) is 9.18 Å². The van der Waals surface area contributed by atoms with E-state index < -0.39 is 5.76 Å². The summed E-state index contributed by atoms with van der Waals surface area (Å²) in [4.78, 5) is 11.8. The Labute approximate surface area is 115 Å². The van der Waals surface area contributed by atoms with Crippen molar-refractivity contribution in [1.82, 2.24) is 9.78 Å². The maximum absolute atomic E-state index is 12.9. The fraction of sp³-hybridized carbons (Fsp3) is 0.429. The Hall–Kier alpha value is -1.95. The van der Waals surface area contributed by atoms with Crippen molar-refractivity contribution in [2.75, 3.05) is 6.61 Å². The van der Waals surface area contributed by atoms with Gasteiger partial charge in [-0.2, -0.15) is 4.68 Å². The smallest absolute Gasteiger partial charge is 0.388 e. The third kappa shape index (κ3) is 2.38. The highest BCUT2D eigenvalue weighted by molar-refractivity contribution is 5.51. The van der Waals surface area contributed by atoms with Gasteiger partial charge in [-0.1, -0.05) is 0 Å². The molecule has 20 heavy (non-hydrogen) atoms. The highest BCUT2D eigenvalue weighted by Crippen LogP contribution is 2.33. The molecule has 2 aromatic rings. The SMILES string of the molecule is CCOC1CC(n2nc(-c3ccc(F)cc3)oc2=O)C1. The predicted molar refractivity (Wildman–Crippen MR) is 69.8 cm³/mol. The standard InChI is InChI=1S/C14H15FN2O3/c1-2-19-12-7-11(8-12)17-14(18)20-13(16-17)9-3-5-10(15)6-4-9/h3-6,11-12H,2,7-8H2,1H3. The van der Waals surface area contributed by atoms with Crippen molar-refractivity contribution in [3.63, 3.8) is 0 Å². The molecule has 1 aliphatic rings. The second-order valence-corrected chi connectivity index (χ2v) is 4.83. The largest absolute Gasteiger partial charge is 0.437 e. The average molecular weight is 278 g/mol. The van der Waals surface area contributed by atoms with Gasteiger partial charge < -0.3 is 9.15 Å². The van der Waals surface area contributed by atoms with Crippen molar-refractivity contribution in [2.24, 2.45) is 0 Å². The van der Waals surface area contributed by atoms with Gasteiger partial charge in [0.05, 0.1) is 12.1 Å². The first-order valence-electron chi connectivity index (χ1n) is 6.64. The van der Waals surface area contributed by atoms with Gasteiger partial charge in [-0.15, -0.1) is 5.10 Å². The number of rotatable bonds is 4. The number of halogens is 1. The summed E-state index contributed by atoms with van der Waals surface area (Å²) >= 11 is 0. The van der Waals surface area contributed by atoms with E-state index in [1.54, 1.807) is 0 Å². The molecule has 0 bridgehead atoms. The van der Waals surface area contributed by atoms with Crippen molar-refractivity contribution in [3.05, 3.63) is 40.6 Å². The van der Waals surface area contributed by atoms with E-state index in [1.165, 1.54) is 28.9 Å². The molecular formula is C14H15FN2O3. The molecule has 0 radical (unpaired) electrons. The molecule has 106 valence electrons. The van der Waals surface area contributed by atoms with E-state index in [-0.39, 0.29) is 23.9 Å². The van der Waals surface area contributed by atoms with E-state index in [4.69, 9.17) is 9.15 Å². The van der Waals surface area contributed by atoms with Crippen molar-refractivity contribution in [2.45, 2.75) is 31.9 Å². The third-order valence-corrected chi connectivity index (χ3v) is 3.48. The highest BCUT2D eigenvalue weighted by atomic mass is 19.1. The number of benzene rings is 1. The van der Waals surface area contributed by atoms with Crippen LogP contribution in [0, 0.1) is 5.82 Å². The lowest BCUT2D eigenvalue weighted by Crippen LogP contribution is -2.37. The minimum Gasteiger partial charge on any atom is -0.388 e. The molecule has 1 aromatic carbocycles. The van der Waals surface area contributed by atoms with Gasteiger partial charge in [-0.3, -0.25) is 0 Å². The average Bonchev–Trinajstić information content (AvgIpc) is 2.76. The van der Waals surface area contributed by atoms with Crippen LogP contribution in [0.5, 0.6) is 0 Å². The zero-order chi connectivity index (χ0) is 14.1. The van der Waals surface area contributed by atoms with Gasteiger partial charge >= 0.3 is 5.76 Å². The van der Waals surface area contributed by atoms with E-state index in [1.807, 2.05) is 6.92 Å². The second-order valence-electron chi connectivity index (χ2n) is 4.83. The fourth-order valence-corrected chi connectivity index (χ4v) is 2.34. The molecule has 1 aromatic heterocycles. The topological polar surface area (TPSA) is 57.3 Å². The van der Waals surface area contributed by atoms with Crippen LogP contribution < -0.4 is 5.76 Å². The molecule has 0 unspecified atom stereocenters. The normalized spacial score (nSPS) is 21.7. The molecular weight excluding hydrogens is 263 g/mol. The molecule has 5 nitrogen and oxygen atoms in total. The van der Waals surface area contributed by atoms with Crippen LogP contribution in [-0.4, -0.2) is 22.5 Å². The minimum atomic E-state index is -0.482. The lowest BCUT2D eigenvalue weighted by atomic mass is 9.89. The van der Waals surface area contributed by atoms with Gasteiger partial charge in [0.25, 0.3) is 0 Å². The molecule has 0 aliphatic heterocycles. The maximum atomic E-state index is 12.9. The number of hydrogen-bond acceptors (Lipinski definition) is 4. The Bertz CT molecular complexity index is 641. The summed E-state index contributed by atoms with van der Waals surface area (Å²) in [5, 5.41) is 4.19. The first kappa shape index (κ1) is 13.1. The summed E-state index contributed by atoms with van der Waals surface area (Å²) in [6.07, 6.45) is 1.73. The Balaban J connectivity index is 1.78. The van der Waals surface area contributed by atoms with Gasteiger partial charge in [0.15, 0.2) is 0 Å². The Morgan fingerprint density at radius 3 is 2.75 bits per heavy atom. The van der Waals surface area contributed by atoms with Crippen LogP contribution in [0.1, 0.15) is 25.8 Å². The maximum Gasteiger partial charge on any atom is 0.437 e. The summed E-state index contributed by atoms with van der Waals surface area (Å²) < 4.78 is 24.8. The molecule has 0 saturated heterocycles. The summed E-state index contributed by atoms with van der Waals surface area (Å²) in [7, 11) is 0. The highest BCUT2D eigenvalue weighted by Gasteiger charge is 2.33. The van der Waals surface area contributed by atoms with E-state index in [0.717, 1.165) is 12.8 Å². The summed E-state index contributed by atoms with van der Waals surface area (Å²) in [5.74, 6) is -0.604.